The summed E-state index contributed by atoms with van der Waals surface area (Å²) in [7, 11) is 0. The van der Waals surface area contributed by atoms with Gasteiger partial charge in [0.15, 0.2) is 0 Å². The van der Waals surface area contributed by atoms with Gasteiger partial charge in [0.05, 0.1) is 11.4 Å². The molecule has 5 rings (SSSR count). The molecule has 33 heavy (non-hydrogen) atoms. The molecule has 2 heterocycles. The van der Waals surface area contributed by atoms with Crippen LogP contribution in [-0.2, 0) is 28.9 Å². The number of nitrogens with zero attached hydrogens (tertiary/aromatic N) is 2. The lowest BCUT2D eigenvalue weighted by atomic mass is 9.98. The van der Waals surface area contributed by atoms with Crippen molar-refractivity contribution < 1.29 is 14.3 Å². The van der Waals surface area contributed by atoms with Crippen LogP contribution in [0.25, 0.3) is 0 Å². The lowest BCUT2D eigenvalue weighted by molar-refractivity contribution is -0.118. The first kappa shape index (κ1) is 21.3. The molecule has 3 aromatic rings. The lowest BCUT2D eigenvalue weighted by Gasteiger charge is -2.26. The molecule has 1 aliphatic carbocycles. The number of ether oxygens (including phenoxy) is 1. The summed E-state index contributed by atoms with van der Waals surface area (Å²) in [6.45, 7) is 0.238. The van der Waals surface area contributed by atoms with E-state index in [-0.39, 0.29) is 18.6 Å². The molecule has 0 radical (unpaired) electrons. The Hall–Kier alpha value is -3.54. The molecule has 1 N–H and O–H groups in total. The number of carbonyl (C=O) groups excluding carboxylic acids is 2. The van der Waals surface area contributed by atoms with Crippen LogP contribution in [0, 0.1) is 0 Å². The van der Waals surface area contributed by atoms with Crippen molar-refractivity contribution >= 4 is 29.1 Å². The van der Waals surface area contributed by atoms with Crippen molar-refractivity contribution in [1.29, 1.82) is 0 Å². The summed E-state index contributed by atoms with van der Waals surface area (Å²) in [5, 5.41) is 2.88. The number of benzene rings is 2. The van der Waals surface area contributed by atoms with Crippen molar-refractivity contribution in [3.05, 3.63) is 78.1 Å². The van der Waals surface area contributed by atoms with E-state index in [1.807, 2.05) is 65.5 Å². The zero-order valence-electron chi connectivity index (χ0n) is 18.7. The highest BCUT2D eigenvalue weighted by Crippen LogP contribution is 2.38. The Bertz CT molecular complexity index is 1130. The highest BCUT2D eigenvalue weighted by atomic mass is 16.6. The minimum atomic E-state index is -0.430. The molecule has 1 fully saturated rings. The third-order valence-corrected chi connectivity index (χ3v) is 6.53. The molecular weight excluding hydrogens is 414 g/mol. The normalized spacial score (nSPS) is 15.8. The zero-order valence-corrected chi connectivity index (χ0v) is 18.7. The van der Waals surface area contributed by atoms with Crippen molar-refractivity contribution in [1.82, 2.24) is 4.57 Å². The molecule has 0 atom stereocenters. The number of nitrogens with one attached hydrogen (secondary N) is 1. The molecule has 0 bridgehead atoms. The van der Waals surface area contributed by atoms with E-state index in [1.54, 1.807) is 4.90 Å². The number of hydrogen-bond acceptors (Lipinski definition) is 3. The number of aryl methyl sites for hydroxylation is 2. The average molecular weight is 444 g/mol. The fraction of sp³-hybridized carbons (Fsp3) is 0.333. The number of anilines is 3. The number of hydrogen-bond donors (Lipinski definition) is 1. The number of amides is 2. The molecule has 1 aliphatic heterocycles. The Kier molecular flexibility index (Phi) is 6.15. The summed E-state index contributed by atoms with van der Waals surface area (Å²) >= 11 is 0. The molecule has 0 spiro atoms. The highest BCUT2D eigenvalue weighted by Gasteiger charge is 2.26. The van der Waals surface area contributed by atoms with Crippen LogP contribution in [0.1, 0.15) is 43.2 Å². The summed E-state index contributed by atoms with van der Waals surface area (Å²) in [6, 6.07) is 17.7. The van der Waals surface area contributed by atoms with Crippen molar-refractivity contribution in [3.63, 3.8) is 0 Å². The van der Waals surface area contributed by atoms with Gasteiger partial charge in [-0.25, -0.2) is 4.79 Å². The fourth-order valence-corrected chi connectivity index (χ4v) is 4.85. The predicted molar refractivity (Wildman–Crippen MR) is 129 cm³/mol. The van der Waals surface area contributed by atoms with E-state index in [4.69, 9.17) is 4.74 Å². The smallest absolute Gasteiger partial charge is 0.411 e. The van der Waals surface area contributed by atoms with E-state index in [1.165, 1.54) is 6.42 Å². The van der Waals surface area contributed by atoms with Crippen LogP contribution in [0.15, 0.2) is 67.0 Å². The second kappa shape index (κ2) is 9.53. The summed E-state index contributed by atoms with van der Waals surface area (Å²) in [5.74, 6) is -0.0243. The fourth-order valence-electron chi connectivity index (χ4n) is 4.85. The van der Waals surface area contributed by atoms with E-state index in [9.17, 15) is 9.59 Å². The number of carbonyl (C=O) groups is 2. The van der Waals surface area contributed by atoms with E-state index in [2.05, 4.69) is 11.4 Å². The van der Waals surface area contributed by atoms with Crippen LogP contribution in [0.3, 0.4) is 0 Å². The summed E-state index contributed by atoms with van der Waals surface area (Å²) in [5.41, 5.74) is 4.56. The predicted octanol–water partition coefficient (Wildman–Crippen LogP) is 5.83. The minimum Gasteiger partial charge on any atom is -0.446 e. The number of para-hydroxylation sites is 1. The molecule has 1 saturated carbocycles. The molecule has 2 aromatic carbocycles. The molecule has 2 aliphatic rings. The third kappa shape index (κ3) is 4.80. The first-order chi connectivity index (χ1) is 16.2. The SMILES string of the molecule is O=C(Nc1ccc2c(c1)N(C(=O)Cn1cccc1)c1ccccc1CC2)OC1CCCCC1. The van der Waals surface area contributed by atoms with Gasteiger partial charge in [-0.3, -0.25) is 15.0 Å². The van der Waals surface area contributed by atoms with E-state index in [0.717, 1.165) is 61.0 Å². The van der Waals surface area contributed by atoms with Crippen LogP contribution in [0.5, 0.6) is 0 Å². The van der Waals surface area contributed by atoms with Crippen molar-refractivity contribution in [2.45, 2.75) is 57.6 Å². The molecule has 1 aromatic heterocycles. The lowest BCUT2D eigenvalue weighted by Crippen LogP contribution is -2.30. The van der Waals surface area contributed by atoms with Crippen LogP contribution in [0.2, 0.25) is 0 Å². The van der Waals surface area contributed by atoms with Gasteiger partial charge in [0.1, 0.15) is 12.6 Å². The van der Waals surface area contributed by atoms with E-state index < -0.39 is 6.09 Å². The maximum atomic E-state index is 13.5. The van der Waals surface area contributed by atoms with Crippen LogP contribution >= 0.6 is 0 Å². The van der Waals surface area contributed by atoms with Gasteiger partial charge in [-0.1, -0.05) is 30.7 Å². The van der Waals surface area contributed by atoms with Crippen molar-refractivity contribution in [3.8, 4) is 0 Å². The van der Waals surface area contributed by atoms with Gasteiger partial charge < -0.3 is 9.30 Å². The van der Waals surface area contributed by atoms with Gasteiger partial charge in [-0.05, 0) is 80.0 Å². The number of rotatable bonds is 4. The van der Waals surface area contributed by atoms with Gasteiger partial charge in [-0.15, -0.1) is 0 Å². The standard InChI is InChI=1S/C27H29N3O3/c31-26(19-29-16-6-7-17-29)30-24-11-5-4-8-20(24)12-13-21-14-15-22(18-25(21)30)28-27(32)33-23-9-2-1-3-10-23/h4-8,11,14-18,23H,1-3,9-10,12-13,19H2,(H,28,32). The van der Waals surface area contributed by atoms with Crippen molar-refractivity contribution in [2.24, 2.45) is 0 Å². The Morgan fingerprint density at radius 3 is 2.39 bits per heavy atom. The van der Waals surface area contributed by atoms with Gasteiger partial charge in [0.2, 0.25) is 0 Å². The van der Waals surface area contributed by atoms with Crippen LogP contribution in [-0.4, -0.2) is 22.7 Å². The number of aromatic nitrogens is 1. The summed E-state index contributed by atoms with van der Waals surface area (Å²) in [4.78, 5) is 27.9. The van der Waals surface area contributed by atoms with Crippen molar-refractivity contribution in [2.75, 3.05) is 10.2 Å². The average Bonchev–Trinajstić information content (AvgIpc) is 3.27. The Balaban J connectivity index is 1.43. The van der Waals surface area contributed by atoms with Crippen LogP contribution in [0.4, 0.5) is 21.9 Å². The molecule has 6 heteroatoms. The first-order valence-corrected chi connectivity index (χ1v) is 11.8. The Labute approximate surface area is 194 Å². The molecule has 170 valence electrons. The summed E-state index contributed by atoms with van der Waals surface area (Å²) < 4.78 is 7.50. The largest absolute Gasteiger partial charge is 0.446 e. The Morgan fingerprint density at radius 1 is 0.879 bits per heavy atom. The van der Waals surface area contributed by atoms with E-state index in [0.29, 0.717) is 5.69 Å². The molecular formula is C27H29N3O3. The molecule has 0 saturated heterocycles. The first-order valence-electron chi connectivity index (χ1n) is 11.8. The van der Waals surface area contributed by atoms with Gasteiger partial charge in [0.25, 0.3) is 5.91 Å². The minimum absolute atomic E-state index is 0.00824. The summed E-state index contributed by atoms with van der Waals surface area (Å²) in [6.07, 6.45) is 10.3. The highest BCUT2D eigenvalue weighted by molar-refractivity contribution is 6.03. The quantitative estimate of drug-likeness (QED) is 0.552. The maximum Gasteiger partial charge on any atom is 0.411 e. The van der Waals surface area contributed by atoms with Crippen LogP contribution < -0.4 is 10.2 Å². The van der Waals surface area contributed by atoms with Gasteiger partial charge >= 0.3 is 6.09 Å². The monoisotopic (exact) mass is 443 g/mol. The molecule has 6 nitrogen and oxygen atoms in total. The second-order valence-electron chi connectivity index (χ2n) is 8.85. The maximum absolute atomic E-state index is 13.5. The number of fused-ring (bicyclic) bond motifs is 2. The molecule has 2 amide bonds. The zero-order chi connectivity index (χ0) is 22.6. The second-order valence-corrected chi connectivity index (χ2v) is 8.85. The topological polar surface area (TPSA) is 63.6 Å². The molecule has 0 unspecified atom stereocenters. The third-order valence-electron chi connectivity index (χ3n) is 6.53. The van der Waals surface area contributed by atoms with E-state index >= 15 is 0 Å². The van der Waals surface area contributed by atoms with Gasteiger partial charge in [0, 0.05) is 18.1 Å². The van der Waals surface area contributed by atoms with Gasteiger partial charge in [-0.2, -0.15) is 0 Å². The Morgan fingerprint density at radius 2 is 1.61 bits per heavy atom.